The van der Waals surface area contributed by atoms with E-state index in [1.807, 2.05) is 0 Å². The highest BCUT2D eigenvalue weighted by atomic mass is 35.5. The van der Waals surface area contributed by atoms with Crippen LogP contribution in [0.15, 0.2) is 18.3 Å². The van der Waals surface area contributed by atoms with Crippen molar-refractivity contribution in [2.45, 2.75) is 49.8 Å². The lowest BCUT2D eigenvalue weighted by Crippen LogP contribution is -2.52. The molecule has 0 spiro atoms. The molecule has 1 saturated heterocycles. The van der Waals surface area contributed by atoms with Crippen molar-refractivity contribution in [2.75, 3.05) is 11.4 Å². The van der Waals surface area contributed by atoms with Crippen molar-refractivity contribution < 1.29 is 36.2 Å². The molecule has 4 rings (SSSR count). The van der Waals surface area contributed by atoms with Gasteiger partial charge in [0.25, 0.3) is 0 Å². The average Bonchev–Trinajstić information content (AvgIpc) is 3.57. The van der Waals surface area contributed by atoms with E-state index in [2.05, 4.69) is 15.3 Å². The zero-order valence-corrected chi connectivity index (χ0v) is 20.3. The van der Waals surface area contributed by atoms with Crippen LogP contribution < -0.4 is 10.2 Å². The molecular formula is C21H17Cl3F6N4O2. The smallest absolute Gasteiger partial charge is 0.372 e. The van der Waals surface area contributed by atoms with Crippen molar-refractivity contribution in [1.29, 1.82) is 0 Å². The molecule has 1 aromatic carbocycles. The summed E-state index contributed by atoms with van der Waals surface area (Å²) in [6.07, 6.45) is -11.2. The van der Waals surface area contributed by atoms with Crippen LogP contribution in [0, 0.1) is 5.92 Å². The number of rotatable bonds is 5. The van der Waals surface area contributed by atoms with Crippen LogP contribution in [0.5, 0.6) is 0 Å². The number of halogens is 9. The lowest BCUT2D eigenvalue weighted by atomic mass is 9.77. The van der Waals surface area contributed by atoms with Crippen molar-refractivity contribution in [3.8, 4) is 0 Å². The van der Waals surface area contributed by atoms with Gasteiger partial charge >= 0.3 is 12.4 Å². The Kier molecular flexibility index (Phi) is 7.04. The summed E-state index contributed by atoms with van der Waals surface area (Å²) in [5.41, 5.74) is -5.38. The van der Waals surface area contributed by atoms with Gasteiger partial charge in [-0.15, -0.1) is 0 Å². The van der Waals surface area contributed by atoms with Crippen molar-refractivity contribution >= 4 is 46.7 Å². The van der Waals surface area contributed by atoms with Crippen LogP contribution in [0.3, 0.4) is 0 Å². The number of hydrogen-bond acceptors (Lipinski definition) is 5. The summed E-state index contributed by atoms with van der Waals surface area (Å²) >= 11 is 17.7. The largest absolute Gasteiger partial charge is 0.433 e. The molecule has 15 heteroatoms. The highest BCUT2D eigenvalue weighted by Crippen LogP contribution is 2.53. The van der Waals surface area contributed by atoms with Gasteiger partial charge in [0.2, 0.25) is 11.9 Å². The molecular weight excluding hydrogens is 561 g/mol. The fourth-order valence-electron chi connectivity index (χ4n) is 4.16. The first-order chi connectivity index (χ1) is 16.7. The van der Waals surface area contributed by atoms with Crippen molar-refractivity contribution in [1.82, 2.24) is 15.3 Å². The van der Waals surface area contributed by atoms with Crippen LogP contribution >= 0.6 is 34.8 Å². The summed E-state index contributed by atoms with van der Waals surface area (Å²) in [5, 5.41) is 12.5. The molecule has 1 aliphatic carbocycles. The Morgan fingerprint density at radius 3 is 2.28 bits per heavy atom. The van der Waals surface area contributed by atoms with E-state index in [0.717, 1.165) is 18.3 Å². The van der Waals surface area contributed by atoms with Crippen LogP contribution in [0.25, 0.3) is 0 Å². The van der Waals surface area contributed by atoms with Crippen LogP contribution in [-0.4, -0.2) is 39.9 Å². The quantitative estimate of drug-likeness (QED) is 0.362. The third-order valence-electron chi connectivity index (χ3n) is 6.27. The summed E-state index contributed by atoms with van der Waals surface area (Å²) in [6.45, 7) is -1.05. The van der Waals surface area contributed by atoms with E-state index in [4.69, 9.17) is 34.8 Å². The molecule has 196 valence electrons. The van der Waals surface area contributed by atoms with Crippen molar-refractivity contribution in [2.24, 2.45) is 5.92 Å². The molecule has 6 nitrogen and oxygen atoms in total. The molecule has 2 aromatic rings. The van der Waals surface area contributed by atoms with Crippen molar-refractivity contribution in [3.63, 3.8) is 0 Å². The van der Waals surface area contributed by atoms with Gasteiger partial charge in [0.1, 0.15) is 11.6 Å². The second-order valence-corrected chi connectivity index (χ2v) is 9.77. The SMILES string of the molecule is O=C(NCc1cnc(N2CCC(c3cc(Cl)c(Cl)c(Cl)c3)(C(F)(F)F)C2O)nc1C(F)(F)F)C1CC1. The van der Waals surface area contributed by atoms with Gasteiger partial charge in [-0.3, -0.25) is 4.79 Å². The zero-order valence-electron chi connectivity index (χ0n) is 18.0. The van der Waals surface area contributed by atoms with Gasteiger partial charge in [0, 0.05) is 30.8 Å². The highest BCUT2D eigenvalue weighted by molar-refractivity contribution is 6.48. The Morgan fingerprint density at radius 2 is 1.75 bits per heavy atom. The number of aliphatic hydroxyl groups is 1. The normalized spacial score (nSPS) is 22.7. The van der Waals surface area contributed by atoms with Gasteiger partial charge in [-0.05, 0) is 37.0 Å². The first-order valence-electron chi connectivity index (χ1n) is 10.5. The minimum atomic E-state index is -5.07. The number of anilines is 1. The minimum Gasteiger partial charge on any atom is -0.372 e. The number of benzene rings is 1. The summed E-state index contributed by atoms with van der Waals surface area (Å²) in [7, 11) is 0. The number of amides is 1. The van der Waals surface area contributed by atoms with Gasteiger partial charge < -0.3 is 15.3 Å². The number of nitrogens with zero attached hydrogens (tertiary/aromatic N) is 3. The van der Waals surface area contributed by atoms with Crippen LogP contribution in [0.1, 0.15) is 36.1 Å². The fraction of sp³-hybridized carbons (Fsp3) is 0.476. The van der Waals surface area contributed by atoms with Gasteiger partial charge in [0.15, 0.2) is 5.69 Å². The second-order valence-electron chi connectivity index (χ2n) is 8.57. The number of nitrogens with one attached hydrogen (secondary N) is 1. The molecule has 2 unspecified atom stereocenters. The van der Waals surface area contributed by atoms with E-state index >= 15 is 0 Å². The van der Waals surface area contributed by atoms with Gasteiger partial charge in [-0.25, -0.2) is 9.97 Å². The Labute approximate surface area is 215 Å². The van der Waals surface area contributed by atoms with Gasteiger partial charge in [-0.2, -0.15) is 26.3 Å². The standard InChI is InChI=1S/C21H17Cl3F6N4O2/c22-12-5-11(6-13(23)14(12)24)19(21(28,29)30)3-4-34(17(19)36)18-32-8-10(15(33-18)20(25,26)27)7-31-16(35)9-1-2-9/h5-6,8-9,17,36H,1-4,7H2,(H,31,35). The molecule has 0 radical (unpaired) electrons. The predicted octanol–water partition coefficient (Wildman–Crippen LogP) is 5.51. The molecule has 0 bridgehead atoms. The van der Waals surface area contributed by atoms with Crippen LogP contribution in [0.2, 0.25) is 15.1 Å². The number of hydrogen-bond donors (Lipinski definition) is 2. The summed E-state index contributed by atoms with van der Waals surface area (Å²) in [6, 6.07) is 1.81. The van der Waals surface area contributed by atoms with E-state index in [9.17, 15) is 36.2 Å². The minimum absolute atomic E-state index is 0.189. The maximum Gasteiger partial charge on any atom is 0.433 e. The lowest BCUT2D eigenvalue weighted by molar-refractivity contribution is -0.210. The molecule has 2 aliphatic rings. The molecule has 2 N–H and O–H groups in total. The van der Waals surface area contributed by atoms with Crippen LogP contribution in [-0.2, 0) is 22.9 Å². The molecule has 1 saturated carbocycles. The van der Waals surface area contributed by atoms with Crippen molar-refractivity contribution in [3.05, 3.63) is 50.2 Å². The monoisotopic (exact) mass is 576 g/mol. The number of aliphatic hydroxyl groups excluding tert-OH is 1. The van der Waals surface area contributed by atoms with E-state index in [1.165, 1.54) is 0 Å². The summed E-state index contributed by atoms with van der Waals surface area (Å²) in [4.78, 5) is 19.7. The zero-order chi connectivity index (χ0) is 26.6. The number of alkyl halides is 6. The maximum absolute atomic E-state index is 14.4. The number of aromatic nitrogens is 2. The maximum atomic E-state index is 14.4. The molecule has 36 heavy (non-hydrogen) atoms. The Bertz CT molecular complexity index is 1170. The Morgan fingerprint density at radius 1 is 1.14 bits per heavy atom. The molecule has 2 atom stereocenters. The predicted molar refractivity (Wildman–Crippen MR) is 119 cm³/mol. The third kappa shape index (κ3) is 4.80. The Hall–Kier alpha value is -2.02. The summed E-state index contributed by atoms with van der Waals surface area (Å²) in [5.74, 6) is -1.41. The topological polar surface area (TPSA) is 78.4 Å². The first-order valence-corrected chi connectivity index (χ1v) is 11.7. The molecule has 1 amide bonds. The number of carbonyl (C=O) groups is 1. The fourth-order valence-corrected chi connectivity index (χ4v) is 4.76. The molecule has 1 aliphatic heterocycles. The average molecular weight is 578 g/mol. The summed E-state index contributed by atoms with van der Waals surface area (Å²) < 4.78 is 84.5. The Balaban J connectivity index is 1.71. The second kappa shape index (κ2) is 9.38. The first kappa shape index (κ1) is 27.0. The van der Waals surface area contributed by atoms with Gasteiger partial charge in [0.05, 0.1) is 15.1 Å². The highest BCUT2D eigenvalue weighted by Gasteiger charge is 2.65. The van der Waals surface area contributed by atoms with E-state index in [0.29, 0.717) is 17.7 Å². The molecule has 2 heterocycles. The molecule has 1 aromatic heterocycles. The van der Waals surface area contributed by atoms with Crippen LogP contribution in [0.4, 0.5) is 32.3 Å². The number of carbonyl (C=O) groups excluding carboxylic acids is 1. The molecule has 2 fully saturated rings. The van der Waals surface area contributed by atoms with Gasteiger partial charge in [-0.1, -0.05) is 34.8 Å². The van der Waals surface area contributed by atoms with E-state index in [1.54, 1.807) is 0 Å². The van der Waals surface area contributed by atoms with E-state index < -0.39 is 72.2 Å². The lowest BCUT2D eigenvalue weighted by Gasteiger charge is -2.37. The van der Waals surface area contributed by atoms with E-state index in [-0.39, 0.29) is 21.0 Å². The third-order valence-corrected chi connectivity index (χ3v) is 7.46.